The number of pyridine rings is 1. The van der Waals surface area contributed by atoms with Crippen molar-refractivity contribution in [1.29, 1.82) is 0 Å². The van der Waals surface area contributed by atoms with Crippen LogP contribution in [0.2, 0.25) is 0 Å². The molecule has 0 amide bonds. The highest BCUT2D eigenvalue weighted by atomic mass is 16.5. The Morgan fingerprint density at radius 1 is 0.811 bits per heavy atom. The van der Waals surface area contributed by atoms with Crippen LogP contribution < -0.4 is 29.2 Å². The van der Waals surface area contributed by atoms with Crippen molar-refractivity contribution >= 4 is 16.7 Å². The van der Waals surface area contributed by atoms with Crippen molar-refractivity contribution in [2.75, 3.05) is 42.7 Å². The Bertz CT molecular complexity index is 1480. The SMILES string of the molecule is COC(=O)c1c(-c2cc(OC)c(OC)c(OC)c2)c2cc(OC)c(OC)cc2c(=O)n1Cc1ccco1. The zero-order chi connectivity index (χ0) is 26.7. The third kappa shape index (κ3) is 4.42. The highest BCUT2D eigenvalue weighted by Crippen LogP contribution is 2.44. The van der Waals surface area contributed by atoms with Gasteiger partial charge in [0.25, 0.3) is 5.56 Å². The maximum atomic E-state index is 13.8. The number of aromatic nitrogens is 1. The molecule has 0 fully saturated rings. The molecule has 10 heteroatoms. The lowest BCUT2D eigenvalue weighted by Gasteiger charge is -2.21. The second kappa shape index (κ2) is 10.6. The normalized spacial score (nSPS) is 10.8. The zero-order valence-electron chi connectivity index (χ0n) is 21.4. The number of esters is 1. The number of rotatable bonds is 9. The minimum Gasteiger partial charge on any atom is -0.493 e. The molecule has 4 rings (SSSR count). The monoisotopic (exact) mass is 509 g/mol. The molecule has 2 heterocycles. The van der Waals surface area contributed by atoms with Gasteiger partial charge in [-0.15, -0.1) is 0 Å². The van der Waals surface area contributed by atoms with Gasteiger partial charge in [0.2, 0.25) is 5.75 Å². The first kappa shape index (κ1) is 25.5. The van der Waals surface area contributed by atoms with Crippen LogP contribution in [0.4, 0.5) is 0 Å². The average molecular weight is 510 g/mol. The quantitative estimate of drug-likeness (QED) is 0.308. The van der Waals surface area contributed by atoms with E-state index in [2.05, 4.69) is 0 Å². The van der Waals surface area contributed by atoms with Gasteiger partial charge in [-0.1, -0.05) is 0 Å². The Balaban J connectivity index is 2.23. The van der Waals surface area contributed by atoms with E-state index in [1.165, 1.54) is 53.5 Å². The minimum atomic E-state index is -0.718. The Morgan fingerprint density at radius 2 is 1.41 bits per heavy atom. The molecule has 0 aliphatic heterocycles. The number of furan rings is 1. The topological polar surface area (TPSA) is 108 Å². The second-order valence-corrected chi connectivity index (χ2v) is 7.85. The third-order valence-electron chi connectivity index (χ3n) is 6.00. The first-order valence-corrected chi connectivity index (χ1v) is 11.2. The Labute approximate surface area is 212 Å². The summed E-state index contributed by atoms with van der Waals surface area (Å²) in [5, 5.41) is 0.730. The zero-order valence-corrected chi connectivity index (χ0v) is 21.4. The molecule has 37 heavy (non-hydrogen) atoms. The van der Waals surface area contributed by atoms with Crippen LogP contribution in [0.5, 0.6) is 28.7 Å². The standard InChI is InChI=1S/C27H27NO9/c1-31-19-12-17-18(13-20(19)32-2)26(29)28(14-16-8-7-9-37-16)24(27(30)36-6)23(17)15-10-21(33-3)25(35-5)22(11-15)34-4/h7-13H,14H2,1-6H3. The smallest absolute Gasteiger partial charge is 0.355 e. The number of benzene rings is 2. The average Bonchev–Trinajstić information content (AvgIpc) is 3.45. The molecule has 0 radical (unpaired) electrons. The van der Waals surface area contributed by atoms with E-state index >= 15 is 0 Å². The summed E-state index contributed by atoms with van der Waals surface area (Å²) in [6, 6.07) is 10.0. The van der Waals surface area contributed by atoms with Crippen LogP contribution in [0.15, 0.2) is 51.9 Å². The van der Waals surface area contributed by atoms with Gasteiger partial charge in [0.1, 0.15) is 11.5 Å². The van der Waals surface area contributed by atoms with Gasteiger partial charge in [-0.25, -0.2) is 4.79 Å². The summed E-state index contributed by atoms with van der Waals surface area (Å²) in [4.78, 5) is 27.1. The van der Waals surface area contributed by atoms with Crippen molar-refractivity contribution in [3.63, 3.8) is 0 Å². The summed E-state index contributed by atoms with van der Waals surface area (Å²) in [6.45, 7) is -0.0159. The van der Waals surface area contributed by atoms with Gasteiger partial charge in [-0.3, -0.25) is 9.36 Å². The summed E-state index contributed by atoms with van der Waals surface area (Å²) in [6.07, 6.45) is 1.49. The number of hydrogen-bond acceptors (Lipinski definition) is 9. The minimum absolute atomic E-state index is 0.0119. The molecular weight excluding hydrogens is 482 g/mol. The van der Waals surface area contributed by atoms with E-state index in [1.54, 1.807) is 36.4 Å². The number of methoxy groups -OCH3 is 6. The molecule has 2 aromatic heterocycles. The number of nitrogens with zero attached hydrogens (tertiary/aromatic N) is 1. The Morgan fingerprint density at radius 3 is 1.89 bits per heavy atom. The van der Waals surface area contributed by atoms with Crippen molar-refractivity contribution in [3.8, 4) is 39.9 Å². The summed E-state index contributed by atoms with van der Waals surface area (Å²) in [5.74, 6) is 1.60. The number of hydrogen-bond donors (Lipinski definition) is 0. The van der Waals surface area contributed by atoms with E-state index in [0.29, 0.717) is 56.4 Å². The summed E-state index contributed by atoms with van der Waals surface area (Å²) < 4.78 is 39.5. The Hall–Kier alpha value is -4.60. The number of fused-ring (bicyclic) bond motifs is 1. The van der Waals surface area contributed by atoms with Crippen LogP contribution in [0.1, 0.15) is 16.2 Å². The van der Waals surface area contributed by atoms with Gasteiger partial charge < -0.3 is 32.8 Å². The van der Waals surface area contributed by atoms with Gasteiger partial charge >= 0.3 is 5.97 Å². The van der Waals surface area contributed by atoms with E-state index in [9.17, 15) is 9.59 Å². The van der Waals surface area contributed by atoms with Crippen LogP contribution in [0.3, 0.4) is 0 Å². The Kier molecular flexibility index (Phi) is 7.28. The van der Waals surface area contributed by atoms with Crippen LogP contribution >= 0.6 is 0 Å². The first-order chi connectivity index (χ1) is 17.9. The molecule has 0 bridgehead atoms. The fourth-order valence-electron chi connectivity index (χ4n) is 4.31. The van der Waals surface area contributed by atoms with E-state index in [0.717, 1.165) is 0 Å². The lowest BCUT2D eigenvalue weighted by Crippen LogP contribution is -2.28. The maximum Gasteiger partial charge on any atom is 0.355 e. The lowest BCUT2D eigenvalue weighted by molar-refractivity contribution is 0.0588. The third-order valence-corrected chi connectivity index (χ3v) is 6.00. The molecular formula is C27H27NO9. The molecule has 4 aromatic rings. The lowest BCUT2D eigenvalue weighted by atomic mass is 9.95. The van der Waals surface area contributed by atoms with Gasteiger partial charge in [-0.2, -0.15) is 0 Å². The van der Waals surface area contributed by atoms with Crippen LogP contribution in [-0.4, -0.2) is 53.2 Å². The second-order valence-electron chi connectivity index (χ2n) is 7.85. The number of carbonyl (C=O) groups is 1. The van der Waals surface area contributed by atoms with Crippen molar-refractivity contribution in [3.05, 3.63) is 64.5 Å². The van der Waals surface area contributed by atoms with E-state index in [4.69, 9.17) is 32.8 Å². The van der Waals surface area contributed by atoms with Crippen LogP contribution in [-0.2, 0) is 11.3 Å². The van der Waals surface area contributed by atoms with Gasteiger partial charge in [-0.05, 0) is 42.0 Å². The van der Waals surface area contributed by atoms with Crippen molar-refractivity contribution in [2.45, 2.75) is 6.54 Å². The van der Waals surface area contributed by atoms with Crippen LogP contribution in [0.25, 0.3) is 21.9 Å². The van der Waals surface area contributed by atoms with Crippen molar-refractivity contribution in [1.82, 2.24) is 4.57 Å². The van der Waals surface area contributed by atoms with Crippen LogP contribution in [0, 0.1) is 0 Å². The molecule has 0 unspecified atom stereocenters. The molecule has 0 saturated carbocycles. The fraction of sp³-hybridized carbons (Fsp3) is 0.259. The van der Waals surface area contributed by atoms with Gasteiger partial charge in [0.05, 0.1) is 60.9 Å². The molecule has 0 aliphatic rings. The van der Waals surface area contributed by atoms with E-state index in [-0.39, 0.29) is 12.2 Å². The summed E-state index contributed by atoms with van der Waals surface area (Å²) in [5.41, 5.74) is 0.482. The first-order valence-electron chi connectivity index (χ1n) is 11.2. The largest absolute Gasteiger partial charge is 0.493 e. The molecule has 0 aliphatic carbocycles. The number of carbonyl (C=O) groups excluding carboxylic acids is 1. The van der Waals surface area contributed by atoms with E-state index in [1.807, 2.05) is 0 Å². The van der Waals surface area contributed by atoms with Crippen molar-refractivity contribution in [2.24, 2.45) is 0 Å². The molecule has 194 valence electrons. The molecule has 0 N–H and O–H groups in total. The highest BCUT2D eigenvalue weighted by Gasteiger charge is 2.28. The summed E-state index contributed by atoms with van der Waals surface area (Å²) >= 11 is 0. The predicted octanol–water partition coefficient (Wildman–Crippen LogP) is 4.14. The molecule has 2 aromatic carbocycles. The highest BCUT2D eigenvalue weighted by molar-refractivity contribution is 6.08. The molecule has 0 atom stereocenters. The molecule has 0 saturated heterocycles. The maximum absolute atomic E-state index is 13.8. The predicted molar refractivity (Wildman–Crippen MR) is 136 cm³/mol. The van der Waals surface area contributed by atoms with E-state index < -0.39 is 11.5 Å². The van der Waals surface area contributed by atoms with Crippen molar-refractivity contribution < 1.29 is 37.6 Å². The molecule has 0 spiro atoms. The number of ether oxygens (including phenoxy) is 6. The van der Waals surface area contributed by atoms with Gasteiger partial charge in [0, 0.05) is 10.9 Å². The molecule has 10 nitrogen and oxygen atoms in total. The van der Waals surface area contributed by atoms with Gasteiger partial charge in [0.15, 0.2) is 23.0 Å². The summed E-state index contributed by atoms with van der Waals surface area (Å²) in [7, 11) is 8.70. The fourth-order valence-corrected chi connectivity index (χ4v) is 4.31.